The number of carbonyl (C=O) groups excluding carboxylic acids is 3. The number of hydrogen-bond donors (Lipinski definition) is 0. The van der Waals surface area contributed by atoms with Crippen LogP contribution in [-0.4, -0.2) is 23.4 Å². The Morgan fingerprint density at radius 2 is 0.495 bits per heavy atom. The fourth-order valence-electron chi connectivity index (χ4n) is 14.3. The first-order valence-corrected chi connectivity index (χ1v) is 38.6. The van der Waals surface area contributed by atoms with Crippen molar-refractivity contribution in [2.45, 2.75) is 118 Å². The average molecular weight is 1310 g/mol. The maximum Gasteiger partial charge on any atom is 0.186 e. The van der Waals surface area contributed by atoms with Gasteiger partial charge in [0, 0.05) is 88.1 Å². The van der Waals surface area contributed by atoms with Gasteiger partial charge in [0.05, 0.1) is 11.4 Å². The Hall–Kier alpha value is -9.34. The molecule has 0 heterocycles. The maximum absolute atomic E-state index is 11.6. The van der Waals surface area contributed by atoms with E-state index < -0.39 is 8.07 Å². The predicted octanol–water partition coefficient (Wildman–Crippen LogP) is 19.7. The second-order valence-corrected chi connectivity index (χ2v) is 34.9. The lowest BCUT2D eigenvalue weighted by molar-refractivity contribution is -0.109. The molecular formula is C86H72N2O3S3Si. The standard InChI is InChI=1S/C86H72N2O3S3Si/c1-62(89)92-53-74-21-15-65(16-22-74)7-10-68-27-39-77(40-28-68)83-56-84(78-41-29-69(30-42-78)11-8-66-17-23-75(24-18-66)54-93-63(2)90)58-85(57-83,79-43-31-70(32-44-79)12-9-67-19-25-76(26-20-67)55-94-64(3)91)61-86(59-83,60-84)80-45-33-71(34-46-80)13-14-72-35-47-81(48-36-72)87-88-82-49-37-73(38-50-82)51-52-95(4,5)6/h15-50H,53-61H2,1-6H3. The van der Waals surface area contributed by atoms with Gasteiger partial charge in [-0.15, -0.1) is 5.54 Å². The Morgan fingerprint density at radius 1 is 0.305 bits per heavy atom. The van der Waals surface area contributed by atoms with Crippen molar-refractivity contribution < 1.29 is 14.4 Å². The Bertz CT molecular complexity index is 4360. The van der Waals surface area contributed by atoms with Crippen molar-refractivity contribution in [2.24, 2.45) is 10.2 Å². The summed E-state index contributed by atoms with van der Waals surface area (Å²) in [5, 5.41) is 9.34. The molecule has 4 aliphatic carbocycles. The average Bonchev–Trinajstić information content (AvgIpc) is 0.667. The van der Waals surface area contributed by atoms with Crippen LogP contribution in [-0.2, 0) is 53.3 Å². The first-order chi connectivity index (χ1) is 45.9. The number of thioether (sulfide) groups is 3. The Kier molecular flexibility index (Phi) is 19.9. The molecule has 0 spiro atoms. The highest BCUT2D eigenvalue weighted by molar-refractivity contribution is 8.13. The molecule has 4 fully saturated rings. The molecule has 9 aromatic carbocycles. The lowest BCUT2D eigenvalue weighted by Gasteiger charge is -2.71. The van der Waals surface area contributed by atoms with Gasteiger partial charge in [-0.2, -0.15) is 10.2 Å². The van der Waals surface area contributed by atoms with Crippen molar-refractivity contribution in [3.63, 3.8) is 0 Å². The maximum atomic E-state index is 11.6. The number of azo groups is 1. The van der Waals surface area contributed by atoms with Gasteiger partial charge in [-0.1, -0.05) is 193 Å². The smallest absolute Gasteiger partial charge is 0.186 e. The van der Waals surface area contributed by atoms with Crippen LogP contribution < -0.4 is 0 Å². The number of rotatable bonds is 12. The summed E-state index contributed by atoms with van der Waals surface area (Å²) in [5.41, 5.74) is 21.4. The van der Waals surface area contributed by atoms with Crippen molar-refractivity contribution >= 4 is 70.1 Å². The highest BCUT2D eigenvalue weighted by atomic mass is 32.2. The summed E-state index contributed by atoms with van der Waals surface area (Å²) in [7, 11) is -1.47. The molecule has 9 heteroatoms. The van der Waals surface area contributed by atoms with Crippen LogP contribution in [0.3, 0.4) is 0 Å². The van der Waals surface area contributed by atoms with Crippen LogP contribution in [0.5, 0.6) is 0 Å². The highest BCUT2D eigenvalue weighted by Crippen LogP contribution is 2.75. The first-order valence-electron chi connectivity index (χ1n) is 32.2. The van der Waals surface area contributed by atoms with Gasteiger partial charge in [-0.3, -0.25) is 14.4 Å². The number of benzene rings is 9. The van der Waals surface area contributed by atoms with E-state index in [4.69, 9.17) is 0 Å². The number of carbonyl (C=O) groups is 3. The van der Waals surface area contributed by atoms with E-state index in [0.717, 1.165) is 117 Å². The second-order valence-electron chi connectivity index (χ2n) is 26.7. The van der Waals surface area contributed by atoms with Gasteiger partial charge >= 0.3 is 0 Å². The second kappa shape index (κ2) is 28.7. The quantitative estimate of drug-likeness (QED) is 0.0689. The van der Waals surface area contributed by atoms with Crippen molar-refractivity contribution in [2.75, 3.05) is 0 Å². The molecule has 0 unspecified atom stereocenters. The zero-order valence-electron chi connectivity index (χ0n) is 54.5. The molecule has 95 heavy (non-hydrogen) atoms. The summed E-state index contributed by atoms with van der Waals surface area (Å²) >= 11 is 3.95. The number of nitrogens with zero attached hydrogens (tertiary/aromatic N) is 2. The molecule has 0 aromatic heterocycles. The molecule has 5 nitrogen and oxygen atoms in total. The van der Waals surface area contributed by atoms with Gasteiger partial charge in [-0.25, -0.2) is 0 Å². The van der Waals surface area contributed by atoms with E-state index >= 15 is 0 Å². The van der Waals surface area contributed by atoms with E-state index in [0.29, 0.717) is 17.3 Å². The summed E-state index contributed by atoms with van der Waals surface area (Å²) in [6.07, 6.45) is 6.01. The van der Waals surface area contributed by atoms with Crippen molar-refractivity contribution in [1.29, 1.82) is 0 Å². The molecule has 4 saturated carbocycles. The molecule has 466 valence electrons. The summed E-state index contributed by atoms with van der Waals surface area (Å²) in [6, 6.07) is 77.2. The minimum atomic E-state index is -1.47. The SMILES string of the molecule is CC(=O)SCc1ccc(C#Cc2ccc(C34CC5(c6ccc(C#Cc7ccc(CSC(C)=O)cc7)cc6)CC(c6ccc(C#Cc7ccc(CSC(C)=O)cc7)cc6)(C3)CC(c3ccc(C#Cc6ccc(N=Nc7ccc(C#C[Si](C)(C)C)cc7)cc6)cc3)(C4)C5)cc2)cc1. The van der Waals surface area contributed by atoms with Crippen LogP contribution >= 0.6 is 35.3 Å². The van der Waals surface area contributed by atoms with Gasteiger partial charge in [0.1, 0.15) is 8.07 Å². The zero-order valence-corrected chi connectivity index (χ0v) is 57.9. The van der Waals surface area contributed by atoms with Gasteiger partial charge in [0.2, 0.25) is 0 Å². The molecule has 0 radical (unpaired) electrons. The number of hydrogen-bond acceptors (Lipinski definition) is 8. The summed E-state index contributed by atoms with van der Waals surface area (Å²) in [6.45, 7) is 11.5. The fraction of sp³-hybridized carbons (Fsp3) is 0.221. The summed E-state index contributed by atoms with van der Waals surface area (Å²) in [4.78, 5) is 34.9. The monoisotopic (exact) mass is 1300 g/mol. The highest BCUT2D eigenvalue weighted by Gasteiger charge is 2.69. The molecule has 0 amide bonds. The van der Waals surface area contributed by atoms with E-state index in [9.17, 15) is 14.4 Å². The third-order valence-electron chi connectivity index (χ3n) is 18.2. The molecule has 0 aliphatic heterocycles. The lowest BCUT2D eigenvalue weighted by atomic mass is 9.32. The molecule has 4 aliphatic rings. The molecule has 0 atom stereocenters. The molecular weight excluding hydrogens is 1230 g/mol. The Balaban J connectivity index is 0.885. The third-order valence-corrected chi connectivity index (χ3v) is 21.8. The molecule has 4 bridgehead atoms. The van der Waals surface area contributed by atoms with Gasteiger partial charge in [0.15, 0.2) is 15.3 Å². The fourth-order valence-corrected chi connectivity index (χ4v) is 16.5. The molecule has 9 aromatic rings. The van der Waals surface area contributed by atoms with E-state index in [1.807, 2.05) is 84.9 Å². The normalized spacial score (nSPS) is 18.9. The predicted molar refractivity (Wildman–Crippen MR) is 397 cm³/mol. The van der Waals surface area contributed by atoms with Crippen molar-refractivity contribution in [1.82, 2.24) is 0 Å². The van der Waals surface area contributed by atoms with Crippen LogP contribution in [0.15, 0.2) is 229 Å². The molecule has 13 rings (SSSR count). The van der Waals surface area contributed by atoms with Crippen molar-refractivity contribution in [3.05, 3.63) is 307 Å². The first kappa shape index (κ1) is 65.7. The largest absolute Gasteiger partial charge is 0.288 e. The lowest BCUT2D eigenvalue weighted by Crippen LogP contribution is -2.67. The van der Waals surface area contributed by atoms with Crippen LogP contribution in [0.2, 0.25) is 19.6 Å². The third kappa shape index (κ3) is 16.6. The Morgan fingerprint density at radius 3 is 0.695 bits per heavy atom. The van der Waals surface area contributed by atoms with Crippen LogP contribution in [0.4, 0.5) is 11.4 Å². The van der Waals surface area contributed by atoms with E-state index in [2.05, 4.69) is 222 Å². The van der Waals surface area contributed by atoms with Crippen LogP contribution in [0.25, 0.3) is 0 Å². The van der Waals surface area contributed by atoms with E-state index in [-0.39, 0.29) is 37.0 Å². The molecule has 0 N–H and O–H groups in total. The zero-order chi connectivity index (χ0) is 66.1. The Labute approximate surface area is 574 Å². The van der Waals surface area contributed by atoms with E-state index in [1.54, 1.807) is 20.8 Å². The summed E-state index contributed by atoms with van der Waals surface area (Å²) < 4.78 is 0. The van der Waals surface area contributed by atoms with E-state index in [1.165, 1.54) is 57.5 Å². The topological polar surface area (TPSA) is 75.9 Å². The minimum Gasteiger partial charge on any atom is -0.288 e. The van der Waals surface area contributed by atoms with Crippen LogP contribution in [0, 0.1) is 58.8 Å². The van der Waals surface area contributed by atoms with Crippen LogP contribution in [0.1, 0.15) is 148 Å². The van der Waals surface area contributed by atoms with Gasteiger partial charge in [-0.05, 0) is 233 Å². The van der Waals surface area contributed by atoms with Gasteiger partial charge < -0.3 is 0 Å². The van der Waals surface area contributed by atoms with Crippen molar-refractivity contribution in [3.8, 4) is 58.8 Å². The van der Waals surface area contributed by atoms with Gasteiger partial charge in [0.25, 0.3) is 0 Å². The minimum absolute atomic E-state index is 0.111. The molecule has 0 saturated heterocycles. The summed E-state index contributed by atoms with van der Waals surface area (Å²) in [5.74, 6) is 32.8.